The molecule has 0 aliphatic heterocycles. The summed E-state index contributed by atoms with van der Waals surface area (Å²) in [4.78, 5) is 4.29. The first-order valence-corrected chi connectivity index (χ1v) is 7.00. The first kappa shape index (κ1) is 10.4. The number of rotatable bonds is 2. The third-order valence-corrected chi connectivity index (χ3v) is 3.36. The standard InChI is InChI=1S/C9H10N2O2S2/c1-6-10-8-5-7(11-15(2,12)13)3-4-9(8)14-6/h3-5,11H,1-2H3. The number of hydrogen-bond donors (Lipinski definition) is 1. The van der Waals surface area contributed by atoms with E-state index in [1.165, 1.54) is 0 Å². The second kappa shape index (κ2) is 3.46. The highest BCUT2D eigenvalue weighted by Gasteiger charge is 2.04. The van der Waals surface area contributed by atoms with Crippen molar-refractivity contribution in [2.24, 2.45) is 0 Å². The fourth-order valence-corrected chi connectivity index (χ4v) is 2.68. The first-order chi connectivity index (χ1) is 6.94. The van der Waals surface area contributed by atoms with Crippen LogP contribution >= 0.6 is 11.3 Å². The normalized spacial score (nSPS) is 11.9. The fourth-order valence-electron chi connectivity index (χ4n) is 1.32. The van der Waals surface area contributed by atoms with E-state index in [0.717, 1.165) is 21.5 Å². The molecular formula is C9H10N2O2S2. The van der Waals surface area contributed by atoms with Gasteiger partial charge in [-0.25, -0.2) is 13.4 Å². The predicted octanol–water partition coefficient (Wildman–Crippen LogP) is 1.98. The number of aryl methyl sites for hydroxylation is 1. The first-order valence-electron chi connectivity index (χ1n) is 4.29. The van der Waals surface area contributed by atoms with E-state index < -0.39 is 10.0 Å². The summed E-state index contributed by atoms with van der Waals surface area (Å²) >= 11 is 1.59. The SMILES string of the molecule is Cc1nc2cc(NS(C)(=O)=O)ccc2s1. The number of benzene rings is 1. The van der Waals surface area contributed by atoms with Gasteiger partial charge in [0, 0.05) is 0 Å². The molecule has 0 atom stereocenters. The summed E-state index contributed by atoms with van der Waals surface area (Å²) in [6, 6.07) is 5.34. The molecule has 6 heteroatoms. The molecule has 0 bridgehead atoms. The van der Waals surface area contributed by atoms with Gasteiger partial charge in [0.15, 0.2) is 0 Å². The van der Waals surface area contributed by atoms with Gasteiger partial charge in [0.25, 0.3) is 0 Å². The summed E-state index contributed by atoms with van der Waals surface area (Å²) in [6.07, 6.45) is 1.13. The lowest BCUT2D eigenvalue weighted by Crippen LogP contribution is -2.09. The van der Waals surface area contributed by atoms with E-state index in [2.05, 4.69) is 9.71 Å². The van der Waals surface area contributed by atoms with Crippen molar-refractivity contribution in [1.82, 2.24) is 4.98 Å². The molecule has 1 N–H and O–H groups in total. The number of nitrogens with one attached hydrogen (secondary N) is 1. The summed E-state index contributed by atoms with van der Waals surface area (Å²) in [7, 11) is -3.21. The molecule has 2 rings (SSSR count). The second-order valence-corrected chi connectivity index (χ2v) is 6.27. The van der Waals surface area contributed by atoms with E-state index in [-0.39, 0.29) is 0 Å². The third-order valence-electron chi connectivity index (χ3n) is 1.80. The molecule has 0 saturated heterocycles. The molecule has 2 aromatic rings. The van der Waals surface area contributed by atoms with E-state index in [9.17, 15) is 8.42 Å². The van der Waals surface area contributed by atoms with Gasteiger partial charge in [0.05, 0.1) is 27.2 Å². The van der Waals surface area contributed by atoms with E-state index >= 15 is 0 Å². The van der Waals surface area contributed by atoms with Crippen LogP contribution in [0.5, 0.6) is 0 Å². The van der Waals surface area contributed by atoms with Crippen LogP contribution in [-0.2, 0) is 10.0 Å². The van der Waals surface area contributed by atoms with E-state index in [4.69, 9.17) is 0 Å². The molecule has 0 radical (unpaired) electrons. The molecule has 0 spiro atoms. The fraction of sp³-hybridized carbons (Fsp3) is 0.222. The van der Waals surface area contributed by atoms with Crippen LogP contribution in [0.1, 0.15) is 5.01 Å². The quantitative estimate of drug-likeness (QED) is 0.876. The lowest BCUT2D eigenvalue weighted by Gasteiger charge is -2.02. The Morgan fingerprint density at radius 3 is 2.80 bits per heavy atom. The van der Waals surface area contributed by atoms with Crippen molar-refractivity contribution in [3.8, 4) is 0 Å². The average molecular weight is 242 g/mol. The summed E-state index contributed by atoms with van der Waals surface area (Å²) < 4.78 is 25.5. The van der Waals surface area contributed by atoms with Crippen LogP contribution in [0, 0.1) is 6.92 Å². The minimum Gasteiger partial charge on any atom is -0.284 e. The Bertz CT molecular complexity index is 602. The summed E-state index contributed by atoms with van der Waals surface area (Å²) in [5.41, 5.74) is 1.38. The van der Waals surface area contributed by atoms with Crippen molar-refractivity contribution >= 4 is 37.3 Å². The number of nitrogens with zero attached hydrogens (tertiary/aromatic N) is 1. The van der Waals surface area contributed by atoms with Gasteiger partial charge in [-0.05, 0) is 25.1 Å². The average Bonchev–Trinajstić information content (AvgIpc) is 2.40. The van der Waals surface area contributed by atoms with E-state index in [0.29, 0.717) is 5.69 Å². The van der Waals surface area contributed by atoms with Crippen LogP contribution < -0.4 is 4.72 Å². The Balaban J connectivity index is 2.47. The number of aromatic nitrogens is 1. The van der Waals surface area contributed by atoms with Gasteiger partial charge in [0.2, 0.25) is 10.0 Å². The van der Waals surface area contributed by atoms with Crippen molar-refractivity contribution in [1.29, 1.82) is 0 Å². The maximum absolute atomic E-state index is 11.0. The Hall–Kier alpha value is -1.14. The minimum atomic E-state index is -3.21. The van der Waals surface area contributed by atoms with Crippen LogP contribution in [-0.4, -0.2) is 19.7 Å². The Kier molecular flexibility index (Phi) is 2.40. The van der Waals surface area contributed by atoms with Crippen molar-refractivity contribution in [2.45, 2.75) is 6.92 Å². The van der Waals surface area contributed by atoms with Crippen molar-refractivity contribution in [3.63, 3.8) is 0 Å². The van der Waals surface area contributed by atoms with Crippen LogP contribution in [0.2, 0.25) is 0 Å². The van der Waals surface area contributed by atoms with Gasteiger partial charge in [-0.3, -0.25) is 4.72 Å². The van der Waals surface area contributed by atoms with Gasteiger partial charge >= 0.3 is 0 Å². The zero-order valence-electron chi connectivity index (χ0n) is 8.31. The summed E-state index contributed by atoms with van der Waals surface area (Å²) in [5.74, 6) is 0. The zero-order chi connectivity index (χ0) is 11.1. The number of fused-ring (bicyclic) bond motifs is 1. The molecule has 0 saturated carbocycles. The summed E-state index contributed by atoms with van der Waals surface area (Å²) in [5, 5.41) is 0.974. The third kappa shape index (κ3) is 2.45. The summed E-state index contributed by atoms with van der Waals surface area (Å²) in [6.45, 7) is 1.92. The monoisotopic (exact) mass is 242 g/mol. The van der Waals surface area contributed by atoms with Gasteiger partial charge in [-0.15, -0.1) is 11.3 Å². The van der Waals surface area contributed by atoms with Crippen LogP contribution in [0.25, 0.3) is 10.2 Å². The molecule has 1 aromatic heterocycles. The van der Waals surface area contributed by atoms with Gasteiger partial charge in [-0.2, -0.15) is 0 Å². The highest BCUT2D eigenvalue weighted by molar-refractivity contribution is 7.92. The highest BCUT2D eigenvalue weighted by Crippen LogP contribution is 2.24. The number of thiazole rings is 1. The van der Waals surface area contributed by atoms with E-state index in [1.807, 2.05) is 13.0 Å². The largest absolute Gasteiger partial charge is 0.284 e. The predicted molar refractivity (Wildman–Crippen MR) is 62.8 cm³/mol. The van der Waals surface area contributed by atoms with E-state index in [1.54, 1.807) is 23.5 Å². The Morgan fingerprint density at radius 1 is 1.40 bits per heavy atom. The van der Waals surface area contributed by atoms with Crippen LogP contribution in [0.15, 0.2) is 18.2 Å². The zero-order valence-corrected chi connectivity index (χ0v) is 9.95. The molecule has 0 amide bonds. The topological polar surface area (TPSA) is 59.1 Å². The van der Waals surface area contributed by atoms with Crippen LogP contribution in [0.4, 0.5) is 5.69 Å². The molecule has 0 aliphatic carbocycles. The molecule has 1 aromatic carbocycles. The Morgan fingerprint density at radius 2 is 2.13 bits per heavy atom. The lowest BCUT2D eigenvalue weighted by molar-refractivity contribution is 0.607. The number of hydrogen-bond acceptors (Lipinski definition) is 4. The van der Waals surface area contributed by atoms with Crippen LogP contribution in [0.3, 0.4) is 0 Å². The molecular weight excluding hydrogens is 232 g/mol. The number of sulfonamides is 1. The number of anilines is 1. The smallest absolute Gasteiger partial charge is 0.229 e. The molecule has 80 valence electrons. The molecule has 15 heavy (non-hydrogen) atoms. The molecule has 4 nitrogen and oxygen atoms in total. The Labute approximate surface area is 92.0 Å². The van der Waals surface area contributed by atoms with Gasteiger partial charge in [0.1, 0.15) is 0 Å². The highest BCUT2D eigenvalue weighted by atomic mass is 32.2. The molecule has 0 fully saturated rings. The molecule has 1 heterocycles. The molecule has 0 unspecified atom stereocenters. The van der Waals surface area contributed by atoms with Gasteiger partial charge in [-0.1, -0.05) is 0 Å². The van der Waals surface area contributed by atoms with Crippen molar-refractivity contribution in [3.05, 3.63) is 23.2 Å². The van der Waals surface area contributed by atoms with Crippen molar-refractivity contribution < 1.29 is 8.42 Å². The maximum atomic E-state index is 11.0. The molecule has 0 aliphatic rings. The lowest BCUT2D eigenvalue weighted by atomic mass is 10.3. The minimum absolute atomic E-state index is 0.551. The van der Waals surface area contributed by atoms with Crippen molar-refractivity contribution in [2.75, 3.05) is 11.0 Å². The van der Waals surface area contributed by atoms with Gasteiger partial charge < -0.3 is 0 Å². The maximum Gasteiger partial charge on any atom is 0.229 e. The second-order valence-electron chi connectivity index (χ2n) is 3.29.